The van der Waals surface area contributed by atoms with E-state index in [4.69, 9.17) is 0 Å². The Kier molecular flexibility index (Phi) is 4.54. The molecule has 0 fully saturated rings. The van der Waals surface area contributed by atoms with Crippen molar-refractivity contribution in [2.75, 3.05) is 0 Å². The quantitative estimate of drug-likeness (QED) is 0.272. The Morgan fingerprint density at radius 1 is 0.441 bits per heavy atom. The molecular formula is C31H31N3. The Hall–Kier alpha value is -3.72. The standard InChI is InChI=1S/C31H31N3/c1-19-22-13-7-10-16-25(22)32(4)29(19)28(30-20(2)23-14-8-11-17-26(23)33(30)5)31-21(3)24-15-9-12-18-27(24)34(31)6/h7-18,28H,1-6H3. The minimum absolute atomic E-state index is 0.104. The van der Waals surface area contributed by atoms with Crippen LogP contribution in [0.3, 0.4) is 0 Å². The first-order valence-corrected chi connectivity index (χ1v) is 12.0. The van der Waals surface area contributed by atoms with Crippen LogP contribution in [0.4, 0.5) is 0 Å². The molecule has 0 aliphatic heterocycles. The fourth-order valence-corrected chi connectivity index (χ4v) is 6.43. The van der Waals surface area contributed by atoms with E-state index in [-0.39, 0.29) is 5.92 Å². The minimum atomic E-state index is 0.104. The molecule has 6 aromatic rings. The Morgan fingerprint density at radius 2 is 0.706 bits per heavy atom. The number of rotatable bonds is 3. The molecule has 0 atom stereocenters. The summed E-state index contributed by atoms with van der Waals surface area (Å²) in [5.74, 6) is 0.104. The Labute approximate surface area is 200 Å². The molecular weight excluding hydrogens is 414 g/mol. The largest absolute Gasteiger partial charge is 0.346 e. The van der Waals surface area contributed by atoms with Crippen molar-refractivity contribution in [2.24, 2.45) is 21.1 Å². The summed E-state index contributed by atoms with van der Waals surface area (Å²) in [5, 5.41) is 3.99. The van der Waals surface area contributed by atoms with Crippen molar-refractivity contribution in [3.8, 4) is 0 Å². The van der Waals surface area contributed by atoms with Crippen LogP contribution in [0.2, 0.25) is 0 Å². The fourth-order valence-electron chi connectivity index (χ4n) is 6.43. The molecule has 3 nitrogen and oxygen atoms in total. The van der Waals surface area contributed by atoms with Crippen LogP contribution in [0.1, 0.15) is 39.7 Å². The van der Waals surface area contributed by atoms with Crippen LogP contribution in [0.25, 0.3) is 32.7 Å². The third-order valence-electron chi connectivity index (χ3n) is 8.07. The normalized spacial score (nSPS) is 12.1. The van der Waals surface area contributed by atoms with Crippen LogP contribution in [-0.4, -0.2) is 13.7 Å². The molecule has 3 heterocycles. The molecule has 0 radical (unpaired) electrons. The van der Waals surface area contributed by atoms with Crippen molar-refractivity contribution in [1.29, 1.82) is 0 Å². The number of nitrogens with zero attached hydrogens (tertiary/aromatic N) is 3. The molecule has 0 N–H and O–H groups in total. The van der Waals surface area contributed by atoms with E-state index in [0.29, 0.717) is 0 Å². The van der Waals surface area contributed by atoms with Crippen LogP contribution in [0.15, 0.2) is 72.8 Å². The van der Waals surface area contributed by atoms with E-state index in [1.54, 1.807) is 0 Å². The van der Waals surface area contributed by atoms with E-state index < -0.39 is 0 Å². The highest BCUT2D eigenvalue weighted by Crippen LogP contribution is 2.44. The van der Waals surface area contributed by atoms with Gasteiger partial charge in [0.2, 0.25) is 0 Å². The number of aromatic nitrogens is 3. The minimum Gasteiger partial charge on any atom is -0.346 e. The highest BCUT2D eigenvalue weighted by atomic mass is 15.0. The lowest BCUT2D eigenvalue weighted by Gasteiger charge is -2.24. The summed E-state index contributed by atoms with van der Waals surface area (Å²) in [6.07, 6.45) is 0. The summed E-state index contributed by atoms with van der Waals surface area (Å²) in [6, 6.07) is 26.4. The van der Waals surface area contributed by atoms with Crippen LogP contribution < -0.4 is 0 Å². The lowest BCUT2D eigenvalue weighted by molar-refractivity contribution is 0.699. The molecule has 0 amide bonds. The van der Waals surface area contributed by atoms with Gasteiger partial charge in [-0.05, 0) is 55.7 Å². The second-order valence-electron chi connectivity index (χ2n) is 9.69. The molecule has 0 saturated heterocycles. The summed E-state index contributed by atoms with van der Waals surface area (Å²) in [4.78, 5) is 0. The summed E-state index contributed by atoms with van der Waals surface area (Å²) < 4.78 is 7.26. The summed E-state index contributed by atoms with van der Waals surface area (Å²) >= 11 is 0. The molecule has 0 bridgehead atoms. The first kappa shape index (κ1) is 20.9. The van der Waals surface area contributed by atoms with Crippen LogP contribution >= 0.6 is 0 Å². The van der Waals surface area contributed by atoms with Crippen molar-refractivity contribution in [1.82, 2.24) is 13.7 Å². The third-order valence-corrected chi connectivity index (χ3v) is 8.07. The lowest BCUT2D eigenvalue weighted by atomic mass is 9.89. The van der Waals surface area contributed by atoms with E-state index in [1.807, 2.05) is 0 Å². The SMILES string of the molecule is Cc1c(C(c2c(C)c3ccccc3n2C)c2c(C)c3ccccc3n2C)n(C)c2ccccc12. The van der Waals surface area contributed by atoms with Gasteiger partial charge in [0.1, 0.15) is 0 Å². The molecule has 3 aromatic heterocycles. The number of fused-ring (bicyclic) bond motifs is 3. The Balaban J connectivity index is 1.79. The van der Waals surface area contributed by atoms with Crippen molar-refractivity contribution < 1.29 is 0 Å². The van der Waals surface area contributed by atoms with Gasteiger partial charge in [0.15, 0.2) is 0 Å². The van der Waals surface area contributed by atoms with Gasteiger partial charge >= 0.3 is 0 Å². The number of hydrogen-bond acceptors (Lipinski definition) is 0. The zero-order valence-electron chi connectivity index (χ0n) is 20.8. The summed E-state index contributed by atoms with van der Waals surface area (Å²) in [7, 11) is 6.69. The zero-order valence-corrected chi connectivity index (χ0v) is 20.8. The molecule has 0 aliphatic carbocycles. The van der Waals surface area contributed by atoms with Crippen molar-refractivity contribution >= 4 is 32.7 Å². The first-order valence-electron chi connectivity index (χ1n) is 12.0. The van der Waals surface area contributed by atoms with E-state index in [9.17, 15) is 0 Å². The average Bonchev–Trinajstić information content (AvgIpc) is 3.37. The maximum atomic E-state index is 2.42. The van der Waals surface area contributed by atoms with Crippen molar-refractivity contribution in [2.45, 2.75) is 26.7 Å². The smallest absolute Gasteiger partial charge is 0.0806 e. The van der Waals surface area contributed by atoms with Gasteiger partial charge in [-0.25, -0.2) is 0 Å². The Morgan fingerprint density at radius 3 is 0.971 bits per heavy atom. The van der Waals surface area contributed by atoms with Crippen molar-refractivity contribution in [3.63, 3.8) is 0 Å². The summed E-state index contributed by atoms with van der Waals surface area (Å²) in [6.45, 7) is 6.88. The maximum absolute atomic E-state index is 2.42. The van der Waals surface area contributed by atoms with Gasteiger partial charge in [-0.3, -0.25) is 0 Å². The predicted octanol–water partition coefficient (Wildman–Crippen LogP) is 7.27. The van der Waals surface area contributed by atoms with Gasteiger partial charge in [-0.1, -0.05) is 54.6 Å². The second kappa shape index (κ2) is 7.39. The fraction of sp³-hybridized carbons (Fsp3) is 0.226. The molecule has 0 spiro atoms. The topological polar surface area (TPSA) is 14.8 Å². The number of benzene rings is 3. The number of hydrogen-bond donors (Lipinski definition) is 0. The number of para-hydroxylation sites is 3. The van der Waals surface area contributed by atoms with Gasteiger partial charge in [0.05, 0.1) is 5.92 Å². The van der Waals surface area contributed by atoms with E-state index in [0.717, 1.165) is 0 Å². The monoisotopic (exact) mass is 445 g/mol. The van der Waals surface area contributed by atoms with Crippen LogP contribution in [0, 0.1) is 20.8 Å². The van der Waals surface area contributed by atoms with Gasteiger partial charge < -0.3 is 13.7 Å². The third kappa shape index (κ3) is 2.64. The molecule has 170 valence electrons. The average molecular weight is 446 g/mol. The van der Waals surface area contributed by atoms with Gasteiger partial charge in [-0.2, -0.15) is 0 Å². The predicted molar refractivity (Wildman–Crippen MR) is 144 cm³/mol. The van der Waals surface area contributed by atoms with Gasteiger partial charge in [-0.15, -0.1) is 0 Å². The molecule has 0 saturated carbocycles. The Bertz CT molecular complexity index is 1400. The highest BCUT2D eigenvalue weighted by molar-refractivity contribution is 5.90. The molecule has 34 heavy (non-hydrogen) atoms. The molecule has 3 aromatic carbocycles. The molecule has 6 rings (SSSR count). The first-order chi connectivity index (χ1) is 16.4. The van der Waals surface area contributed by atoms with Gasteiger partial charge in [0.25, 0.3) is 0 Å². The number of aryl methyl sites for hydroxylation is 6. The van der Waals surface area contributed by atoms with E-state index >= 15 is 0 Å². The molecule has 3 heteroatoms. The maximum Gasteiger partial charge on any atom is 0.0806 e. The molecule has 0 unspecified atom stereocenters. The molecule has 0 aliphatic rings. The summed E-state index contributed by atoms with van der Waals surface area (Å²) in [5.41, 5.74) is 12.0. The second-order valence-corrected chi connectivity index (χ2v) is 9.69. The van der Waals surface area contributed by atoms with Crippen LogP contribution in [-0.2, 0) is 21.1 Å². The lowest BCUT2D eigenvalue weighted by Crippen LogP contribution is -2.17. The van der Waals surface area contributed by atoms with E-state index in [1.165, 1.54) is 66.5 Å². The van der Waals surface area contributed by atoms with Crippen LogP contribution in [0.5, 0.6) is 0 Å². The highest BCUT2D eigenvalue weighted by Gasteiger charge is 2.32. The van der Waals surface area contributed by atoms with E-state index in [2.05, 4.69) is 128 Å². The van der Waals surface area contributed by atoms with Gasteiger partial charge in [0, 0.05) is 70.9 Å². The van der Waals surface area contributed by atoms with Crippen molar-refractivity contribution in [3.05, 3.63) is 107 Å². The zero-order chi connectivity index (χ0) is 23.7.